The monoisotopic (exact) mass is 519 g/mol. The summed E-state index contributed by atoms with van der Waals surface area (Å²) >= 11 is 0. The molecular formula is C33H49N3O2. The Morgan fingerprint density at radius 3 is 2.03 bits per heavy atom. The summed E-state index contributed by atoms with van der Waals surface area (Å²) in [5.74, 6) is 2.11. The van der Waals surface area contributed by atoms with E-state index >= 15 is 0 Å². The topological polar surface area (TPSA) is 79.4 Å². The van der Waals surface area contributed by atoms with Crippen LogP contribution >= 0.6 is 0 Å². The summed E-state index contributed by atoms with van der Waals surface area (Å²) in [5, 5.41) is 7.35. The van der Waals surface area contributed by atoms with Gasteiger partial charge in [-0.05, 0) is 100 Å². The minimum Gasteiger partial charge on any atom is -0.444 e. The Balaban J connectivity index is 0.00000195. The van der Waals surface area contributed by atoms with Gasteiger partial charge in [-0.25, -0.2) is 4.79 Å². The van der Waals surface area contributed by atoms with Crippen LogP contribution in [0.15, 0.2) is 48.5 Å². The van der Waals surface area contributed by atoms with Crippen molar-refractivity contribution in [1.82, 2.24) is 4.90 Å². The summed E-state index contributed by atoms with van der Waals surface area (Å²) in [4.78, 5) is 14.2. The fraction of sp³-hybridized carbons (Fsp3) is 0.576. The fourth-order valence-electron chi connectivity index (χ4n) is 5.93. The van der Waals surface area contributed by atoms with E-state index in [1.807, 2.05) is 25.7 Å². The number of benzene rings is 2. The first-order valence-corrected chi connectivity index (χ1v) is 14.5. The molecule has 1 saturated heterocycles. The molecule has 0 bridgehead atoms. The minimum atomic E-state index is -0.441. The molecule has 2 aromatic rings. The van der Waals surface area contributed by atoms with Gasteiger partial charge in [-0.3, -0.25) is 0 Å². The number of hydrogen-bond donors (Lipinski definition) is 2. The van der Waals surface area contributed by atoms with Gasteiger partial charge in [0.1, 0.15) is 5.60 Å². The van der Waals surface area contributed by atoms with E-state index in [0.717, 1.165) is 49.8 Å². The third kappa shape index (κ3) is 9.27. The van der Waals surface area contributed by atoms with Crippen LogP contribution in [0.5, 0.6) is 0 Å². The zero-order valence-electron chi connectivity index (χ0n) is 24.0. The first kappa shape index (κ1) is 29.9. The normalized spacial score (nSPS) is 21.4. The van der Waals surface area contributed by atoms with Crippen molar-refractivity contribution >= 4 is 12.3 Å². The maximum absolute atomic E-state index is 12.4. The van der Waals surface area contributed by atoms with Crippen LogP contribution in [-0.4, -0.2) is 42.9 Å². The Labute approximate surface area is 230 Å². The van der Waals surface area contributed by atoms with Crippen molar-refractivity contribution < 1.29 is 9.53 Å². The molecule has 38 heavy (non-hydrogen) atoms. The van der Waals surface area contributed by atoms with Crippen molar-refractivity contribution in [1.29, 1.82) is 5.41 Å². The van der Waals surface area contributed by atoms with E-state index in [0.29, 0.717) is 5.92 Å². The number of amides is 1. The highest BCUT2D eigenvalue weighted by atomic mass is 16.6. The van der Waals surface area contributed by atoms with E-state index in [9.17, 15) is 4.79 Å². The van der Waals surface area contributed by atoms with E-state index in [1.54, 1.807) is 0 Å². The minimum absolute atomic E-state index is 0.187. The van der Waals surface area contributed by atoms with Gasteiger partial charge in [0.05, 0.1) is 0 Å². The molecule has 2 aromatic carbocycles. The first-order chi connectivity index (χ1) is 18.3. The number of rotatable bonds is 8. The largest absolute Gasteiger partial charge is 0.444 e. The second kappa shape index (κ2) is 14.5. The first-order valence-electron chi connectivity index (χ1n) is 14.5. The van der Waals surface area contributed by atoms with Gasteiger partial charge in [0.2, 0.25) is 0 Å². The van der Waals surface area contributed by atoms with Crippen LogP contribution < -0.4 is 5.73 Å². The number of aryl methyl sites for hydroxylation is 2. The Morgan fingerprint density at radius 2 is 1.50 bits per heavy atom. The van der Waals surface area contributed by atoms with Gasteiger partial charge in [0.15, 0.2) is 0 Å². The Bertz CT molecular complexity index is 994. The van der Waals surface area contributed by atoms with Crippen LogP contribution in [0.1, 0.15) is 93.9 Å². The molecular weight excluding hydrogens is 470 g/mol. The Kier molecular flexibility index (Phi) is 11.4. The molecule has 3 unspecified atom stereocenters. The van der Waals surface area contributed by atoms with Crippen molar-refractivity contribution in [3.05, 3.63) is 70.8 Å². The maximum Gasteiger partial charge on any atom is 0.410 e. The molecule has 0 spiro atoms. The molecule has 1 aliphatic carbocycles. The molecule has 5 heteroatoms. The molecule has 2 fully saturated rings. The van der Waals surface area contributed by atoms with Crippen molar-refractivity contribution in [3.8, 4) is 0 Å². The van der Waals surface area contributed by atoms with E-state index in [2.05, 4.69) is 54.3 Å². The molecule has 208 valence electrons. The lowest BCUT2D eigenvalue weighted by molar-refractivity contribution is 0.0292. The molecule has 3 N–H and O–H groups in total. The number of ether oxygens (including phenoxy) is 1. The smallest absolute Gasteiger partial charge is 0.410 e. The quantitative estimate of drug-likeness (QED) is 0.358. The summed E-state index contributed by atoms with van der Waals surface area (Å²) in [7, 11) is 1.50. The number of nitrogens with one attached hydrogen (secondary N) is 1. The van der Waals surface area contributed by atoms with Gasteiger partial charge in [-0.15, -0.1) is 0 Å². The molecule has 1 amide bonds. The van der Waals surface area contributed by atoms with Crippen LogP contribution in [0.25, 0.3) is 0 Å². The van der Waals surface area contributed by atoms with Gasteiger partial charge in [0, 0.05) is 25.2 Å². The zero-order valence-corrected chi connectivity index (χ0v) is 24.0. The average Bonchev–Trinajstić information content (AvgIpc) is 3.43. The number of hydrogen-bond acceptors (Lipinski definition) is 4. The highest BCUT2D eigenvalue weighted by molar-refractivity contribution is 5.76. The van der Waals surface area contributed by atoms with Crippen molar-refractivity contribution in [3.63, 3.8) is 0 Å². The standard InChI is InChI=1S/C32H44N2O2.CH5N/c1-32(2,3)36-31(35)34-20-19-30(23-34)29-17-15-25(16-18-29)8-12-27-6-4-5-26(21-27)11-7-24-9-13-28(22-33)14-10-24;1-2/h9-10,13-18,22,26-27,30,33H,4-8,11-12,19-21,23H2,1-3H3;2H2,1H3. The summed E-state index contributed by atoms with van der Waals surface area (Å²) in [6.45, 7) is 7.30. The summed E-state index contributed by atoms with van der Waals surface area (Å²) in [6, 6.07) is 17.7. The van der Waals surface area contributed by atoms with Crippen LogP contribution in [0.3, 0.4) is 0 Å². The third-order valence-electron chi connectivity index (χ3n) is 8.01. The van der Waals surface area contributed by atoms with E-state index in [4.69, 9.17) is 10.1 Å². The number of nitrogens with zero attached hydrogens (tertiary/aromatic N) is 1. The summed E-state index contributed by atoms with van der Waals surface area (Å²) in [6.07, 6.45) is 12.6. The van der Waals surface area contributed by atoms with Crippen LogP contribution in [0, 0.1) is 17.2 Å². The molecule has 4 rings (SSSR count). The van der Waals surface area contributed by atoms with E-state index in [1.165, 1.54) is 68.5 Å². The highest BCUT2D eigenvalue weighted by Gasteiger charge is 2.30. The van der Waals surface area contributed by atoms with E-state index in [-0.39, 0.29) is 6.09 Å². The number of nitrogens with two attached hydrogens (primary N) is 1. The summed E-state index contributed by atoms with van der Waals surface area (Å²) < 4.78 is 5.55. The van der Waals surface area contributed by atoms with Gasteiger partial charge in [-0.2, -0.15) is 0 Å². The third-order valence-corrected chi connectivity index (χ3v) is 8.01. The average molecular weight is 520 g/mol. The van der Waals surface area contributed by atoms with Gasteiger partial charge in [0.25, 0.3) is 0 Å². The molecule has 1 heterocycles. The Morgan fingerprint density at radius 1 is 0.947 bits per heavy atom. The van der Waals surface area contributed by atoms with Crippen molar-refractivity contribution in [2.24, 2.45) is 17.6 Å². The molecule has 2 aliphatic rings. The molecule has 3 atom stereocenters. The molecule has 1 aliphatic heterocycles. The lowest BCUT2D eigenvalue weighted by Crippen LogP contribution is -2.35. The molecule has 0 aromatic heterocycles. The highest BCUT2D eigenvalue weighted by Crippen LogP contribution is 2.35. The second-order valence-electron chi connectivity index (χ2n) is 12.0. The molecule has 0 radical (unpaired) electrons. The van der Waals surface area contributed by atoms with Crippen molar-refractivity contribution in [2.75, 3.05) is 20.1 Å². The lowest BCUT2D eigenvalue weighted by atomic mass is 9.77. The SMILES string of the molecule is CC(C)(C)OC(=O)N1CCC(c2ccc(CCC3CCCC(CCc4ccc(C=N)cc4)C3)cc2)C1.CN. The van der Waals surface area contributed by atoms with Gasteiger partial charge >= 0.3 is 6.09 Å². The Hall–Kier alpha value is -2.66. The van der Waals surface area contributed by atoms with Gasteiger partial charge in [-0.1, -0.05) is 67.8 Å². The second-order valence-corrected chi connectivity index (χ2v) is 12.0. The predicted octanol–water partition coefficient (Wildman–Crippen LogP) is 7.36. The van der Waals surface area contributed by atoms with Crippen LogP contribution in [0.2, 0.25) is 0 Å². The fourth-order valence-corrected chi connectivity index (χ4v) is 5.93. The number of carbonyl (C=O) groups is 1. The van der Waals surface area contributed by atoms with Crippen LogP contribution in [-0.2, 0) is 17.6 Å². The maximum atomic E-state index is 12.4. The van der Waals surface area contributed by atoms with E-state index < -0.39 is 5.60 Å². The van der Waals surface area contributed by atoms with Crippen LogP contribution in [0.4, 0.5) is 4.79 Å². The lowest BCUT2D eigenvalue weighted by Gasteiger charge is -2.29. The molecule has 1 saturated carbocycles. The number of likely N-dealkylation sites (tertiary alicyclic amines) is 1. The van der Waals surface area contributed by atoms with Crippen molar-refractivity contribution in [2.45, 2.75) is 90.1 Å². The molecule has 5 nitrogen and oxygen atoms in total. The summed E-state index contributed by atoms with van der Waals surface area (Å²) in [5.41, 5.74) is 9.23. The van der Waals surface area contributed by atoms with Gasteiger partial charge < -0.3 is 20.8 Å². The predicted molar refractivity (Wildman–Crippen MR) is 158 cm³/mol. The zero-order chi connectivity index (χ0) is 27.5. The number of carbonyl (C=O) groups excluding carboxylic acids is 1.